The van der Waals surface area contributed by atoms with Crippen molar-refractivity contribution < 1.29 is 14.0 Å². The predicted octanol–water partition coefficient (Wildman–Crippen LogP) is 2.82. The van der Waals surface area contributed by atoms with Crippen molar-refractivity contribution >= 4 is 24.2 Å². The first-order valence-corrected chi connectivity index (χ1v) is 7.28. The molecular weight excluding hydrogens is 276 g/mol. The molecule has 1 aliphatic rings. The van der Waals surface area contributed by atoms with Gasteiger partial charge in [0.15, 0.2) is 10.9 Å². The van der Waals surface area contributed by atoms with E-state index in [2.05, 4.69) is 4.98 Å². The van der Waals surface area contributed by atoms with Crippen LogP contribution in [0.15, 0.2) is 12.3 Å². The summed E-state index contributed by atoms with van der Waals surface area (Å²) in [5.41, 5.74) is 0.0721. The maximum atomic E-state index is 6.03. The van der Waals surface area contributed by atoms with E-state index in [9.17, 15) is 0 Å². The number of rotatable bonds is 4. The molecule has 0 spiro atoms. The van der Waals surface area contributed by atoms with Gasteiger partial charge in [-0.05, 0) is 40.2 Å². The zero-order valence-corrected chi connectivity index (χ0v) is 13.5. The Morgan fingerprint density at radius 3 is 2.40 bits per heavy atom. The molecule has 1 saturated heterocycles. The summed E-state index contributed by atoms with van der Waals surface area (Å²) in [4.78, 5) is 4.15. The van der Waals surface area contributed by atoms with Gasteiger partial charge >= 0.3 is 7.12 Å². The van der Waals surface area contributed by atoms with Gasteiger partial charge in [0.2, 0.25) is 0 Å². The smallest absolute Gasteiger partial charge is 0.490 e. The van der Waals surface area contributed by atoms with E-state index in [1.165, 1.54) is 0 Å². The third-order valence-electron chi connectivity index (χ3n) is 3.82. The molecule has 1 aromatic heterocycles. The van der Waals surface area contributed by atoms with E-state index in [4.69, 9.17) is 25.6 Å². The molecule has 0 aromatic carbocycles. The van der Waals surface area contributed by atoms with E-state index >= 15 is 0 Å². The summed E-state index contributed by atoms with van der Waals surface area (Å²) in [6.07, 6.45) is 2.58. The maximum Gasteiger partial charge on any atom is 0.496 e. The summed E-state index contributed by atoms with van der Waals surface area (Å²) in [6, 6.07) is 1.84. The second-order valence-electron chi connectivity index (χ2n) is 5.99. The number of pyridine rings is 1. The van der Waals surface area contributed by atoms with E-state index in [0.717, 1.165) is 11.9 Å². The first-order chi connectivity index (χ1) is 9.27. The Morgan fingerprint density at radius 2 is 1.85 bits per heavy atom. The largest absolute Gasteiger partial charge is 0.496 e. The summed E-state index contributed by atoms with van der Waals surface area (Å²) in [7, 11) is -0.450. The SMILES string of the molecule is CCCOc1cc(B2OC(C)(C)C(C)(C)O2)cnc1Cl. The number of hydrogen-bond donors (Lipinski definition) is 0. The molecule has 0 N–H and O–H groups in total. The van der Waals surface area contributed by atoms with Gasteiger partial charge in [0.05, 0.1) is 17.8 Å². The van der Waals surface area contributed by atoms with E-state index in [-0.39, 0.29) is 11.2 Å². The fraction of sp³-hybridized carbons (Fsp3) is 0.643. The lowest BCUT2D eigenvalue weighted by molar-refractivity contribution is 0.00578. The second kappa shape index (κ2) is 5.55. The van der Waals surface area contributed by atoms with Crippen molar-refractivity contribution in [3.05, 3.63) is 17.4 Å². The highest BCUT2D eigenvalue weighted by Crippen LogP contribution is 2.36. The molecule has 4 nitrogen and oxygen atoms in total. The number of ether oxygens (including phenoxy) is 1. The number of nitrogens with zero attached hydrogens (tertiary/aromatic N) is 1. The Morgan fingerprint density at radius 1 is 1.25 bits per heavy atom. The van der Waals surface area contributed by atoms with Crippen LogP contribution in [0.25, 0.3) is 0 Å². The quantitative estimate of drug-likeness (QED) is 0.633. The lowest BCUT2D eigenvalue weighted by Gasteiger charge is -2.32. The third-order valence-corrected chi connectivity index (χ3v) is 4.10. The zero-order valence-electron chi connectivity index (χ0n) is 12.7. The molecular formula is C14H21BClNO3. The molecule has 1 aromatic rings. The molecule has 0 bridgehead atoms. The lowest BCUT2D eigenvalue weighted by Crippen LogP contribution is -2.41. The summed E-state index contributed by atoms with van der Waals surface area (Å²) in [5.74, 6) is 0.570. The van der Waals surface area contributed by atoms with Gasteiger partial charge < -0.3 is 14.0 Å². The van der Waals surface area contributed by atoms with Gasteiger partial charge in [-0.1, -0.05) is 18.5 Å². The van der Waals surface area contributed by atoms with Crippen molar-refractivity contribution in [3.63, 3.8) is 0 Å². The van der Waals surface area contributed by atoms with Gasteiger partial charge in [0.1, 0.15) is 0 Å². The van der Waals surface area contributed by atoms with E-state index < -0.39 is 7.12 Å². The molecule has 0 radical (unpaired) electrons. The summed E-state index contributed by atoms with van der Waals surface area (Å²) < 4.78 is 17.6. The first kappa shape index (κ1) is 15.6. The second-order valence-corrected chi connectivity index (χ2v) is 6.35. The molecule has 0 saturated carbocycles. The average Bonchev–Trinajstić information content (AvgIpc) is 2.57. The minimum atomic E-state index is -0.450. The van der Waals surface area contributed by atoms with Crippen LogP contribution >= 0.6 is 11.6 Å². The zero-order chi connectivity index (χ0) is 15.0. The number of halogens is 1. The molecule has 0 amide bonds. The number of hydrogen-bond acceptors (Lipinski definition) is 4. The minimum Gasteiger partial charge on any atom is -0.490 e. The van der Waals surface area contributed by atoms with Crippen LogP contribution in [0.4, 0.5) is 0 Å². The van der Waals surface area contributed by atoms with E-state index in [0.29, 0.717) is 17.5 Å². The van der Waals surface area contributed by atoms with Crippen LogP contribution in [0.2, 0.25) is 5.15 Å². The van der Waals surface area contributed by atoms with Crippen molar-refractivity contribution in [2.24, 2.45) is 0 Å². The van der Waals surface area contributed by atoms with Crippen LogP contribution in [0.3, 0.4) is 0 Å². The molecule has 0 atom stereocenters. The minimum absolute atomic E-state index is 0.360. The molecule has 1 aliphatic heterocycles. The third kappa shape index (κ3) is 2.95. The summed E-state index contributed by atoms with van der Waals surface area (Å²) in [6.45, 7) is 10.7. The average molecular weight is 298 g/mol. The van der Waals surface area contributed by atoms with Gasteiger partial charge in [-0.2, -0.15) is 0 Å². The lowest BCUT2D eigenvalue weighted by atomic mass is 9.80. The van der Waals surface area contributed by atoms with Crippen LogP contribution in [0.1, 0.15) is 41.0 Å². The van der Waals surface area contributed by atoms with Crippen molar-refractivity contribution in [2.45, 2.75) is 52.2 Å². The van der Waals surface area contributed by atoms with Crippen molar-refractivity contribution in [2.75, 3.05) is 6.61 Å². The van der Waals surface area contributed by atoms with Crippen LogP contribution in [0, 0.1) is 0 Å². The van der Waals surface area contributed by atoms with Gasteiger partial charge in [-0.15, -0.1) is 0 Å². The molecule has 6 heteroatoms. The Balaban J connectivity index is 2.22. The fourth-order valence-corrected chi connectivity index (χ4v) is 2.02. The highest BCUT2D eigenvalue weighted by atomic mass is 35.5. The molecule has 1 fully saturated rings. The standard InChI is InChI=1S/C14H21BClNO3/c1-6-7-18-11-8-10(9-17-12(11)16)15-19-13(2,3)14(4,5)20-15/h8-9H,6-7H2,1-5H3. The van der Waals surface area contributed by atoms with Crippen molar-refractivity contribution in [3.8, 4) is 5.75 Å². The monoisotopic (exact) mass is 297 g/mol. The highest BCUT2D eigenvalue weighted by molar-refractivity contribution is 6.62. The van der Waals surface area contributed by atoms with E-state index in [1.807, 2.05) is 40.7 Å². The summed E-state index contributed by atoms with van der Waals surface area (Å²) in [5, 5.41) is 0.360. The first-order valence-electron chi connectivity index (χ1n) is 6.91. The van der Waals surface area contributed by atoms with Gasteiger partial charge in [0.25, 0.3) is 0 Å². The van der Waals surface area contributed by atoms with E-state index in [1.54, 1.807) is 6.20 Å². The van der Waals surface area contributed by atoms with Crippen LogP contribution in [-0.4, -0.2) is 29.9 Å². The van der Waals surface area contributed by atoms with Crippen LogP contribution in [-0.2, 0) is 9.31 Å². The molecule has 2 heterocycles. The summed E-state index contributed by atoms with van der Waals surface area (Å²) >= 11 is 6.03. The Bertz CT molecular complexity index is 477. The predicted molar refractivity (Wildman–Crippen MR) is 80.7 cm³/mol. The Labute approximate surface area is 125 Å². The molecule has 0 aliphatic carbocycles. The topological polar surface area (TPSA) is 40.6 Å². The van der Waals surface area contributed by atoms with Crippen LogP contribution < -0.4 is 10.2 Å². The highest BCUT2D eigenvalue weighted by Gasteiger charge is 2.51. The fourth-order valence-electron chi connectivity index (χ4n) is 1.86. The normalized spacial score (nSPS) is 20.2. The van der Waals surface area contributed by atoms with Crippen LogP contribution in [0.5, 0.6) is 5.75 Å². The molecule has 2 rings (SSSR count). The number of aromatic nitrogens is 1. The molecule has 110 valence electrons. The van der Waals surface area contributed by atoms with Gasteiger partial charge in [-0.3, -0.25) is 0 Å². The van der Waals surface area contributed by atoms with Gasteiger partial charge in [0, 0.05) is 11.7 Å². The Kier molecular flexibility index (Phi) is 4.33. The van der Waals surface area contributed by atoms with Gasteiger partial charge in [-0.25, -0.2) is 4.98 Å². The molecule has 20 heavy (non-hydrogen) atoms. The maximum absolute atomic E-state index is 6.03. The van der Waals surface area contributed by atoms with Crippen molar-refractivity contribution in [1.82, 2.24) is 4.98 Å². The van der Waals surface area contributed by atoms with Crippen molar-refractivity contribution in [1.29, 1.82) is 0 Å². The Hall–Kier alpha value is -0.775. The molecule has 0 unspecified atom stereocenters.